The lowest BCUT2D eigenvalue weighted by molar-refractivity contribution is -0.146. The Morgan fingerprint density at radius 2 is 1.97 bits per heavy atom. The van der Waals surface area contributed by atoms with Crippen LogP contribution >= 0.6 is 15.9 Å². The number of hydrogen-bond donors (Lipinski definition) is 3. The number of fused-ring (bicyclic) bond motifs is 1. The maximum Gasteiger partial charge on any atom is 0.245 e. The van der Waals surface area contributed by atoms with Crippen LogP contribution in [-0.2, 0) is 23.9 Å². The summed E-state index contributed by atoms with van der Waals surface area (Å²) in [6, 6.07) is -1.42. The lowest BCUT2D eigenvalue weighted by Gasteiger charge is -2.37. The van der Waals surface area contributed by atoms with Crippen LogP contribution < -0.4 is 10.6 Å². The quantitative estimate of drug-likeness (QED) is 0.329. The summed E-state index contributed by atoms with van der Waals surface area (Å²) in [5.41, 5.74) is -1.10. The molecule has 2 bridgehead atoms. The fourth-order valence-electron chi connectivity index (χ4n) is 6.31. The molecular weight excluding hydrogens is 508 g/mol. The first-order chi connectivity index (χ1) is 16.2. The van der Waals surface area contributed by atoms with Crippen molar-refractivity contribution < 1.29 is 29.0 Å². The Hall–Kier alpha value is -1.27. The Morgan fingerprint density at radius 3 is 2.59 bits per heavy atom. The molecule has 3 N–H and O–H groups in total. The summed E-state index contributed by atoms with van der Waals surface area (Å²) >= 11 is 3.65. The van der Waals surface area contributed by atoms with Crippen LogP contribution in [0.5, 0.6) is 0 Å². The number of halogens is 1. The molecule has 10 nitrogen and oxygen atoms in total. The number of nitrogens with zero attached hydrogens (tertiary/aromatic N) is 2. The number of nitrogens with one attached hydrogen (secondary N) is 2. The van der Waals surface area contributed by atoms with Crippen LogP contribution in [0.15, 0.2) is 0 Å². The normalized spacial score (nSPS) is 36.1. The van der Waals surface area contributed by atoms with Crippen molar-refractivity contribution in [3.05, 3.63) is 0 Å². The van der Waals surface area contributed by atoms with Gasteiger partial charge in [0.05, 0.1) is 43.8 Å². The van der Waals surface area contributed by atoms with Gasteiger partial charge in [-0.15, -0.1) is 0 Å². The number of aliphatic hydroxyl groups is 1. The zero-order valence-corrected chi connectivity index (χ0v) is 21.8. The SMILES string of the molecule is CNC(=O)[C@H]1[C@@H]2OC3(CC2Br)C(C(=O)NCCN2CCOCC2)N([C@@H](CO)CC(C)C)C(=O)[C@H]13. The van der Waals surface area contributed by atoms with Gasteiger partial charge in [0.25, 0.3) is 0 Å². The van der Waals surface area contributed by atoms with Crippen molar-refractivity contribution in [3.63, 3.8) is 0 Å². The highest BCUT2D eigenvalue weighted by Crippen LogP contribution is 2.60. The van der Waals surface area contributed by atoms with E-state index in [4.69, 9.17) is 9.47 Å². The number of morpholine rings is 1. The van der Waals surface area contributed by atoms with Crippen LogP contribution in [0, 0.1) is 17.8 Å². The number of likely N-dealkylation sites (tertiary alicyclic amines) is 1. The van der Waals surface area contributed by atoms with Crippen LogP contribution in [0.3, 0.4) is 0 Å². The Morgan fingerprint density at radius 1 is 1.26 bits per heavy atom. The monoisotopic (exact) mass is 544 g/mol. The van der Waals surface area contributed by atoms with Gasteiger partial charge in [-0.05, 0) is 18.8 Å². The van der Waals surface area contributed by atoms with E-state index in [0.29, 0.717) is 39.1 Å². The fourth-order valence-corrected chi connectivity index (χ4v) is 7.25. The van der Waals surface area contributed by atoms with Crippen molar-refractivity contribution in [2.75, 3.05) is 53.0 Å². The lowest BCUT2D eigenvalue weighted by atomic mass is 9.70. The average Bonchev–Trinajstić information content (AvgIpc) is 3.41. The van der Waals surface area contributed by atoms with E-state index in [9.17, 15) is 19.5 Å². The molecular formula is C23H37BrN4O6. The summed E-state index contributed by atoms with van der Waals surface area (Å²) in [5.74, 6) is -2.03. The van der Waals surface area contributed by atoms with E-state index >= 15 is 0 Å². The molecule has 0 saturated carbocycles. The van der Waals surface area contributed by atoms with Crippen LogP contribution in [0.4, 0.5) is 0 Å². The number of ether oxygens (including phenoxy) is 2. The van der Waals surface area contributed by atoms with Gasteiger partial charge in [0.2, 0.25) is 17.7 Å². The molecule has 4 fully saturated rings. The molecule has 1 spiro atoms. The third kappa shape index (κ3) is 4.38. The Balaban J connectivity index is 1.62. The second-order valence-corrected chi connectivity index (χ2v) is 11.4. The van der Waals surface area contributed by atoms with Crippen LogP contribution in [0.25, 0.3) is 0 Å². The number of carbonyl (C=O) groups excluding carboxylic acids is 3. The summed E-state index contributed by atoms with van der Waals surface area (Å²) in [6.07, 6.45) is 0.533. The second kappa shape index (κ2) is 10.4. The van der Waals surface area contributed by atoms with Crippen molar-refractivity contribution in [1.82, 2.24) is 20.4 Å². The molecule has 4 rings (SSSR count). The second-order valence-electron chi connectivity index (χ2n) is 10.2. The maximum absolute atomic E-state index is 13.9. The molecule has 4 saturated heterocycles. The molecule has 4 aliphatic rings. The molecule has 3 amide bonds. The minimum Gasteiger partial charge on any atom is -0.394 e. The highest BCUT2D eigenvalue weighted by Gasteiger charge is 2.76. The van der Waals surface area contributed by atoms with E-state index in [1.165, 1.54) is 4.90 Å². The smallest absolute Gasteiger partial charge is 0.245 e. The van der Waals surface area contributed by atoms with Crippen molar-refractivity contribution in [2.24, 2.45) is 17.8 Å². The average molecular weight is 545 g/mol. The van der Waals surface area contributed by atoms with E-state index in [1.807, 2.05) is 13.8 Å². The first-order valence-corrected chi connectivity index (χ1v) is 13.2. The number of aliphatic hydroxyl groups excluding tert-OH is 1. The first kappa shape index (κ1) is 25.8. The summed E-state index contributed by atoms with van der Waals surface area (Å²) in [7, 11) is 1.55. The maximum atomic E-state index is 13.9. The molecule has 0 aromatic carbocycles. The van der Waals surface area contributed by atoms with Gasteiger partial charge in [-0.1, -0.05) is 29.8 Å². The van der Waals surface area contributed by atoms with E-state index in [1.54, 1.807) is 7.05 Å². The topological polar surface area (TPSA) is 120 Å². The third-order valence-electron chi connectivity index (χ3n) is 7.70. The number of amides is 3. The van der Waals surface area contributed by atoms with Gasteiger partial charge in [0.1, 0.15) is 11.6 Å². The van der Waals surface area contributed by atoms with E-state index in [2.05, 4.69) is 31.5 Å². The zero-order chi connectivity index (χ0) is 24.6. The van der Waals surface area contributed by atoms with Crippen molar-refractivity contribution in [3.8, 4) is 0 Å². The van der Waals surface area contributed by atoms with E-state index < -0.39 is 35.6 Å². The first-order valence-electron chi connectivity index (χ1n) is 12.3. The molecule has 4 aliphatic heterocycles. The number of rotatable bonds is 9. The molecule has 4 heterocycles. The van der Waals surface area contributed by atoms with Gasteiger partial charge in [-0.3, -0.25) is 19.3 Å². The third-order valence-corrected chi connectivity index (χ3v) is 8.55. The number of carbonyl (C=O) groups is 3. The van der Waals surface area contributed by atoms with Gasteiger partial charge < -0.3 is 30.1 Å². The van der Waals surface area contributed by atoms with Crippen LogP contribution in [-0.4, -0.2) is 114 Å². The van der Waals surface area contributed by atoms with Gasteiger partial charge >= 0.3 is 0 Å². The van der Waals surface area contributed by atoms with Crippen molar-refractivity contribution in [2.45, 2.75) is 55.3 Å². The minimum absolute atomic E-state index is 0.139. The number of alkyl halides is 1. The molecule has 34 heavy (non-hydrogen) atoms. The fraction of sp³-hybridized carbons (Fsp3) is 0.870. The van der Waals surface area contributed by atoms with Crippen LogP contribution in [0.1, 0.15) is 26.7 Å². The molecule has 0 radical (unpaired) electrons. The largest absolute Gasteiger partial charge is 0.394 e. The van der Waals surface area contributed by atoms with Gasteiger partial charge in [0, 0.05) is 38.1 Å². The Bertz CT molecular complexity index is 793. The summed E-state index contributed by atoms with van der Waals surface area (Å²) in [5, 5.41) is 15.9. The standard InChI is InChI=1S/C23H37BrN4O6/c1-13(2)10-14(12-29)28-19(21(31)26-4-5-27-6-8-33-9-7-27)23-11-15(24)18(34-23)16(20(30)25-3)17(23)22(28)32/h13-19,29H,4-12H2,1-3H3,(H,25,30)(H,26,31)/t14-,15?,16-,17+,18-,19?,23?/m1/s1. The molecule has 0 aliphatic carbocycles. The Labute approximate surface area is 209 Å². The van der Waals surface area contributed by atoms with Gasteiger partial charge in [0.15, 0.2) is 0 Å². The van der Waals surface area contributed by atoms with E-state index in [-0.39, 0.29) is 35.1 Å². The summed E-state index contributed by atoms with van der Waals surface area (Å²) in [4.78, 5) is 44.0. The highest BCUT2D eigenvalue weighted by molar-refractivity contribution is 9.09. The Kier molecular flexibility index (Phi) is 7.88. The zero-order valence-electron chi connectivity index (χ0n) is 20.2. The number of hydrogen-bond acceptors (Lipinski definition) is 7. The molecule has 192 valence electrons. The van der Waals surface area contributed by atoms with Gasteiger partial charge in [-0.2, -0.15) is 0 Å². The van der Waals surface area contributed by atoms with Crippen molar-refractivity contribution >= 4 is 33.7 Å². The van der Waals surface area contributed by atoms with Gasteiger partial charge in [-0.25, -0.2) is 0 Å². The summed E-state index contributed by atoms with van der Waals surface area (Å²) in [6.45, 7) is 7.91. The molecule has 0 aromatic heterocycles. The molecule has 11 heteroatoms. The molecule has 3 unspecified atom stereocenters. The lowest BCUT2D eigenvalue weighted by Crippen LogP contribution is -2.59. The predicted molar refractivity (Wildman–Crippen MR) is 127 cm³/mol. The summed E-state index contributed by atoms with van der Waals surface area (Å²) < 4.78 is 11.8. The minimum atomic E-state index is -1.10. The van der Waals surface area contributed by atoms with Crippen molar-refractivity contribution in [1.29, 1.82) is 0 Å². The van der Waals surface area contributed by atoms with E-state index in [0.717, 1.165) is 13.1 Å². The molecule has 0 aromatic rings. The molecule has 7 atom stereocenters. The predicted octanol–water partition coefficient (Wildman–Crippen LogP) is -0.664. The highest BCUT2D eigenvalue weighted by atomic mass is 79.9. The van der Waals surface area contributed by atoms with Crippen LogP contribution in [0.2, 0.25) is 0 Å².